The van der Waals surface area contributed by atoms with Crippen molar-refractivity contribution in [3.05, 3.63) is 56.4 Å². The summed E-state index contributed by atoms with van der Waals surface area (Å²) in [5.41, 5.74) is 2.03. The van der Waals surface area contributed by atoms with Gasteiger partial charge in [0.1, 0.15) is 18.6 Å². The summed E-state index contributed by atoms with van der Waals surface area (Å²) in [5, 5.41) is 10.9. The molecule has 0 atom stereocenters. The number of nitrogens with one attached hydrogen (secondary N) is 1. The number of hydrogen-bond acceptors (Lipinski definition) is 6. The zero-order chi connectivity index (χ0) is 15.4. The van der Waals surface area contributed by atoms with Crippen LogP contribution in [0.1, 0.15) is 16.1 Å². The molecule has 2 rings (SSSR count). The molecule has 110 valence electrons. The van der Waals surface area contributed by atoms with Gasteiger partial charge in [-0.25, -0.2) is 5.84 Å². The van der Waals surface area contributed by atoms with Gasteiger partial charge in [-0.1, -0.05) is 6.07 Å². The van der Waals surface area contributed by atoms with Crippen molar-refractivity contribution in [1.29, 1.82) is 0 Å². The summed E-state index contributed by atoms with van der Waals surface area (Å²) in [4.78, 5) is 21.7. The second-order valence-corrected chi connectivity index (χ2v) is 4.76. The summed E-state index contributed by atoms with van der Waals surface area (Å²) in [5.74, 6) is 4.91. The van der Waals surface area contributed by atoms with Crippen LogP contribution in [0, 0.1) is 10.1 Å². The third-order valence-corrected chi connectivity index (χ3v) is 3.17. The number of nitrogen functional groups attached to an aromatic ring is 1. The highest BCUT2D eigenvalue weighted by Crippen LogP contribution is 2.35. The van der Waals surface area contributed by atoms with Gasteiger partial charge in [0.2, 0.25) is 5.75 Å². The van der Waals surface area contributed by atoms with E-state index < -0.39 is 10.8 Å². The first kappa shape index (κ1) is 15.0. The topological polar surface area (TPSA) is 121 Å². The van der Waals surface area contributed by atoms with Crippen LogP contribution in [-0.2, 0) is 6.61 Å². The number of carbonyl (C=O) groups is 1. The lowest BCUT2D eigenvalue weighted by Crippen LogP contribution is -2.29. The Balaban J connectivity index is 2.15. The van der Waals surface area contributed by atoms with Gasteiger partial charge in [-0.05, 0) is 28.1 Å². The van der Waals surface area contributed by atoms with Crippen LogP contribution < -0.4 is 16.0 Å². The van der Waals surface area contributed by atoms with Crippen LogP contribution in [0.15, 0.2) is 39.4 Å². The summed E-state index contributed by atoms with van der Waals surface area (Å²) >= 11 is 3.19. The summed E-state index contributed by atoms with van der Waals surface area (Å²) < 4.78 is 11.0. The van der Waals surface area contributed by atoms with Crippen LogP contribution >= 0.6 is 15.9 Å². The molecule has 8 nitrogen and oxygen atoms in total. The van der Waals surface area contributed by atoms with E-state index in [-0.39, 0.29) is 23.6 Å². The van der Waals surface area contributed by atoms with Crippen molar-refractivity contribution in [2.75, 3.05) is 0 Å². The number of furan rings is 1. The van der Waals surface area contributed by atoms with Gasteiger partial charge in [0.15, 0.2) is 0 Å². The lowest BCUT2D eigenvalue weighted by atomic mass is 10.3. The SMILES string of the molecule is NNC(=O)c1coc(COc2c(Br)cccc2[N+](=O)[O-])c1. The number of hydrazine groups is 1. The van der Waals surface area contributed by atoms with Gasteiger partial charge >= 0.3 is 5.69 Å². The maximum absolute atomic E-state index is 11.3. The zero-order valence-corrected chi connectivity index (χ0v) is 12.1. The van der Waals surface area contributed by atoms with Crippen molar-refractivity contribution in [3.8, 4) is 5.75 Å². The fourth-order valence-electron chi connectivity index (χ4n) is 1.59. The van der Waals surface area contributed by atoms with Gasteiger partial charge in [0, 0.05) is 6.07 Å². The maximum Gasteiger partial charge on any atom is 0.312 e. The lowest BCUT2D eigenvalue weighted by Gasteiger charge is -2.06. The average Bonchev–Trinajstić information content (AvgIpc) is 2.93. The number of nitro groups is 1. The zero-order valence-electron chi connectivity index (χ0n) is 10.5. The van der Waals surface area contributed by atoms with Gasteiger partial charge < -0.3 is 9.15 Å². The molecular formula is C12H10BrN3O5. The Bertz CT molecular complexity index is 685. The highest BCUT2D eigenvalue weighted by atomic mass is 79.9. The molecule has 1 amide bonds. The number of rotatable bonds is 5. The molecule has 1 aromatic carbocycles. The maximum atomic E-state index is 11.3. The van der Waals surface area contributed by atoms with Crippen molar-refractivity contribution in [2.24, 2.45) is 5.84 Å². The highest BCUT2D eigenvalue weighted by Gasteiger charge is 2.18. The number of ether oxygens (including phenoxy) is 1. The van der Waals surface area contributed by atoms with Crippen molar-refractivity contribution < 1.29 is 18.9 Å². The predicted molar refractivity (Wildman–Crippen MR) is 75.5 cm³/mol. The Labute approximate surface area is 127 Å². The molecule has 3 N–H and O–H groups in total. The standard InChI is InChI=1S/C12H10BrN3O5/c13-9-2-1-3-10(16(18)19)11(9)21-6-8-4-7(5-20-8)12(17)15-14/h1-5H,6,14H2,(H,15,17). The van der Waals surface area contributed by atoms with E-state index in [1.54, 1.807) is 6.07 Å². The smallest absolute Gasteiger partial charge is 0.312 e. The van der Waals surface area contributed by atoms with E-state index in [2.05, 4.69) is 15.9 Å². The monoisotopic (exact) mass is 355 g/mol. The van der Waals surface area contributed by atoms with Crippen LogP contribution in [0.25, 0.3) is 0 Å². The molecule has 0 aliphatic heterocycles. The third-order valence-electron chi connectivity index (χ3n) is 2.55. The molecule has 0 aliphatic carbocycles. The number of benzene rings is 1. The van der Waals surface area contributed by atoms with Crippen molar-refractivity contribution in [3.63, 3.8) is 0 Å². The molecule has 0 saturated carbocycles. The van der Waals surface area contributed by atoms with Gasteiger partial charge in [-0.2, -0.15) is 0 Å². The second-order valence-electron chi connectivity index (χ2n) is 3.91. The summed E-state index contributed by atoms with van der Waals surface area (Å²) in [6.07, 6.45) is 1.22. The Morgan fingerprint density at radius 3 is 2.95 bits per heavy atom. The van der Waals surface area contributed by atoms with Gasteiger partial charge in [-0.3, -0.25) is 20.3 Å². The molecule has 0 unspecified atom stereocenters. The fraction of sp³-hybridized carbons (Fsp3) is 0.0833. The largest absolute Gasteiger partial charge is 0.478 e. The van der Waals surface area contributed by atoms with E-state index in [0.29, 0.717) is 10.2 Å². The molecule has 0 saturated heterocycles. The number of amides is 1. The Hall–Kier alpha value is -2.39. The highest BCUT2D eigenvalue weighted by molar-refractivity contribution is 9.10. The lowest BCUT2D eigenvalue weighted by molar-refractivity contribution is -0.386. The number of nitro benzene ring substituents is 1. The molecule has 0 spiro atoms. The Kier molecular flexibility index (Phi) is 4.55. The number of para-hydroxylation sites is 1. The molecule has 0 bridgehead atoms. The van der Waals surface area contributed by atoms with Crippen LogP contribution in [0.2, 0.25) is 0 Å². The fourth-order valence-corrected chi connectivity index (χ4v) is 2.06. The van der Waals surface area contributed by atoms with E-state index in [9.17, 15) is 14.9 Å². The minimum Gasteiger partial charge on any atom is -0.478 e. The van der Waals surface area contributed by atoms with E-state index in [1.807, 2.05) is 5.43 Å². The first-order chi connectivity index (χ1) is 10.0. The van der Waals surface area contributed by atoms with Crippen molar-refractivity contribution >= 4 is 27.5 Å². The quantitative estimate of drug-likeness (QED) is 0.366. The number of carbonyl (C=O) groups excluding carboxylic acids is 1. The average molecular weight is 356 g/mol. The Morgan fingerprint density at radius 1 is 1.52 bits per heavy atom. The number of nitrogens with two attached hydrogens (primary N) is 1. The van der Waals surface area contributed by atoms with Crippen LogP contribution in [0.5, 0.6) is 5.75 Å². The van der Waals surface area contributed by atoms with E-state index >= 15 is 0 Å². The summed E-state index contributed by atoms with van der Waals surface area (Å²) in [6.45, 7) is -0.0682. The predicted octanol–water partition coefficient (Wildman–Crippen LogP) is 2.13. The molecule has 1 heterocycles. The van der Waals surface area contributed by atoms with Gasteiger partial charge in [0.05, 0.1) is 15.0 Å². The molecule has 2 aromatic rings. The summed E-state index contributed by atoms with van der Waals surface area (Å²) in [7, 11) is 0. The molecule has 0 radical (unpaired) electrons. The van der Waals surface area contributed by atoms with Gasteiger partial charge in [0.25, 0.3) is 5.91 Å². The van der Waals surface area contributed by atoms with Crippen LogP contribution in [-0.4, -0.2) is 10.8 Å². The number of nitrogens with zero attached hydrogens (tertiary/aromatic N) is 1. The summed E-state index contributed by atoms with van der Waals surface area (Å²) in [6, 6.07) is 5.92. The van der Waals surface area contributed by atoms with E-state index in [4.69, 9.17) is 15.0 Å². The molecule has 1 aromatic heterocycles. The first-order valence-electron chi connectivity index (χ1n) is 5.67. The van der Waals surface area contributed by atoms with Crippen LogP contribution in [0.3, 0.4) is 0 Å². The normalized spacial score (nSPS) is 10.2. The van der Waals surface area contributed by atoms with E-state index in [1.165, 1.54) is 24.5 Å². The van der Waals surface area contributed by atoms with Crippen molar-refractivity contribution in [2.45, 2.75) is 6.61 Å². The molecule has 0 fully saturated rings. The van der Waals surface area contributed by atoms with Crippen LogP contribution in [0.4, 0.5) is 5.69 Å². The second kappa shape index (κ2) is 6.37. The van der Waals surface area contributed by atoms with E-state index in [0.717, 1.165) is 0 Å². The van der Waals surface area contributed by atoms with Gasteiger partial charge in [-0.15, -0.1) is 0 Å². The minimum absolute atomic E-state index is 0.0682. The molecule has 21 heavy (non-hydrogen) atoms. The number of hydrogen-bond donors (Lipinski definition) is 2. The van der Waals surface area contributed by atoms with Crippen molar-refractivity contribution in [1.82, 2.24) is 5.43 Å². The molecule has 9 heteroatoms. The third kappa shape index (κ3) is 3.38. The minimum atomic E-state index is -0.546. The molecular weight excluding hydrogens is 346 g/mol. The molecule has 0 aliphatic rings. The number of halogens is 1. The Morgan fingerprint density at radius 2 is 2.29 bits per heavy atom. The first-order valence-corrected chi connectivity index (χ1v) is 6.46.